The second-order valence-electron chi connectivity index (χ2n) is 8.22. The lowest BCUT2D eigenvalue weighted by Gasteiger charge is -2.40. The molecule has 1 saturated heterocycles. The van der Waals surface area contributed by atoms with E-state index in [0.29, 0.717) is 25.9 Å². The van der Waals surface area contributed by atoms with Gasteiger partial charge in [-0.25, -0.2) is 0 Å². The molecule has 0 radical (unpaired) electrons. The molecule has 164 valence electrons. The smallest absolute Gasteiger partial charge is 0.317 e. The van der Waals surface area contributed by atoms with Gasteiger partial charge in [-0.15, -0.1) is 0 Å². The zero-order valence-electron chi connectivity index (χ0n) is 18.4. The van der Waals surface area contributed by atoms with E-state index in [-0.39, 0.29) is 24.5 Å². The number of amides is 2. The van der Waals surface area contributed by atoms with E-state index < -0.39 is 11.4 Å². The van der Waals surface area contributed by atoms with Crippen LogP contribution in [0.5, 0.6) is 0 Å². The molecule has 2 aromatic rings. The van der Waals surface area contributed by atoms with Gasteiger partial charge in [0.1, 0.15) is 0 Å². The van der Waals surface area contributed by atoms with Crippen molar-refractivity contribution in [1.82, 2.24) is 4.90 Å². The third kappa shape index (κ3) is 4.95. The van der Waals surface area contributed by atoms with Crippen LogP contribution in [0.1, 0.15) is 39.2 Å². The molecular formula is C25H30N2O4. The van der Waals surface area contributed by atoms with Gasteiger partial charge < -0.3 is 14.5 Å². The Morgan fingerprint density at radius 1 is 0.968 bits per heavy atom. The summed E-state index contributed by atoms with van der Waals surface area (Å²) in [5.74, 6) is -0.674. The number of esters is 1. The maximum atomic E-state index is 13.3. The predicted molar refractivity (Wildman–Crippen MR) is 120 cm³/mol. The highest BCUT2D eigenvalue weighted by atomic mass is 16.5. The minimum absolute atomic E-state index is 0.000595. The fourth-order valence-electron chi connectivity index (χ4n) is 4.22. The van der Waals surface area contributed by atoms with Gasteiger partial charge in [-0.2, -0.15) is 0 Å². The fourth-order valence-corrected chi connectivity index (χ4v) is 4.22. The summed E-state index contributed by atoms with van der Waals surface area (Å²) in [7, 11) is 0. The maximum Gasteiger partial charge on any atom is 0.317 e. The molecule has 0 spiro atoms. The van der Waals surface area contributed by atoms with Crippen LogP contribution in [0, 0.1) is 0 Å². The van der Waals surface area contributed by atoms with Gasteiger partial charge in [-0.3, -0.25) is 14.4 Å². The first-order valence-electron chi connectivity index (χ1n) is 10.7. The van der Waals surface area contributed by atoms with Crippen molar-refractivity contribution in [2.45, 2.75) is 45.1 Å². The number of hydrogen-bond acceptors (Lipinski definition) is 4. The highest BCUT2D eigenvalue weighted by Gasteiger charge is 2.45. The van der Waals surface area contributed by atoms with Gasteiger partial charge in [-0.05, 0) is 44.4 Å². The summed E-state index contributed by atoms with van der Waals surface area (Å²) in [5, 5.41) is 0. The Morgan fingerprint density at radius 2 is 1.52 bits per heavy atom. The number of anilines is 1. The lowest BCUT2D eigenvalue weighted by molar-refractivity contribution is -0.157. The molecule has 6 heteroatoms. The van der Waals surface area contributed by atoms with Crippen LogP contribution in [0.3, 0.4) is 0 Å². The number of rotatable bonds is 6. The summed E-state index contributed by atoms with van der Waals surface area (Å²) in [6, 6.07) is 18.8. The number of hydrogen-bond donors (Lipinski definition) is 0. The van der Waals surface area contributed by atoms with E-state index in [1.54, 1.807) is 9.80 Å². The van der Waals surface area contributed by atoms with Crippen molar-refractivity contribution in [3.05, 3.63) is 66.2 Å². The quantitative estimate of drug-likeness (QED) is 0.668. The van der Waals surface area contributed by atoms with Crippen LogP contribution in [0.4, 0.5) is 5.69 Å². The maximum absolute atomic E-state index is 13.3. The second-order valence-corrected chi connectivity index (χ2v) is 8.22. The molecule has 0 N–H and O–H groups in total. The highest BCUT2D eigenvalue weighted by Crippen LogP contribution is 2.37. The molecule has 2 amide bonds. The number of nitrogens with zero attached hydrogens (tertiary/aromatic N) is 2. The van der Waals surface area contributed by atoms with Crippen molar-refractivity contribution in [2.75, 3.05) is 24.6 Å². The monoisotopic (exact) mass is 422 g/mol. The zero-order chi connectivity index (χ0) is 22.4. The first kappa shape index (κ1) is 22.5. The molecule has 31 heavy (non-hydrogen) atoms. The summed E-state index contributed by atoms with van der Waals surface area (Å²) < 4.78 is 5.62. The van der Waals surface area contributed by atoms with E-state index in [2.05, 4.69) is 0 Å². The van der Waals surface area contributed by atoms with Gasteiger partial charge >= 0.3 is 5.97 Å². The summed E-state index contributed by atoms with van der Waals surface area (Å²) in [4.78, 5) is 41.4. The Labute approximate surface area is 183 Å². The van der Waals surface area contributed by atoms with E-state index >= 15 is 0 Å². The molecule has 1 fully saturated rings. The van der Waals surface area contributed by atoms with Gasteiger partial charge in [0.25, 0.3) is 5.91 Å². The second kappa shape index (κ2) is 9.77. The van der Waals surface area contributed by atoms with Gasteiger partial charge in [0.2, 0.25) is 5.91 Å². The van der Waals surface area contributed by atoms with E-state index in [1.807, 2.05) is 74.5 Å². The van der Waals surface area contributed by atoms with Gasteiger partial charge in [0, 0.05) is 31.7 Å². The van der Waals surface area contributed by atoms with Crippen LogP contribution in [0.25, 0.3) is 0 Å². The summed E-state index contributed by atoms with van der Waals surface area (Å²) in [6.07, 6.45) is 0.937. The summed E-state index contributed by atoms with van der Waals surface area (Å²) in [5.41, 5.74) is 0.772. The number of ether oxygens (including phenoxy) is 1. The molecule has 1 heterocycles. The number of benzene rings is 2. The Hall–Kier alpha value is -3.15. The Morgan fingerprint density at radius 3 is 2.03 bits per heavy atom. The van der Waals surface area contributed by atoms with Crippen LogP contribution in [-0.4, -0.2) is 48.4 Å². The summed E-state index contributed by atoms with van der Waals surface area (Å²) in [6.45, 7) is 6.03. The molecule has 3 rings (SSSR count). The molecule has 0 aromatic heterocycles. The lowest BCUT2D eigenvalue weighted by Crippen LogP contribution is -2.50. The van der Waals surface area contributed by atoms with Crippen molar-refractivity contribution in [3.63, 3.8) is 0 Å². The van der Waals surface area contributed by atoms with Crippen molar-refractivity contribution in [1.29, 1.82) is 0 Å². The molecule has 0 saturated carbocycles. The SMILES string of the molecule is CC(=O)N1CCC(C(=O)OCC(=O)N(c2ccccc2)C(C)C)(c2ccccc2)CC1. The predicted octanol–water partition coefficient (Wildman–Crippen LogP) is 3.55. The molecule has 0 atom stereocenters. The largest absolute Gasteiger partial charge is 0.455 e. The number of carbonyl (C=O) groups excluding carboxylic acids is 3. The average molecular weight is 423 g/mol. The highest BCUT2D eigenvalue weighted by molar-refractivity contribution is 5.96. The van der Waals surface area contributed by atoms with Gasteiger partial charge in [-0.1, -0.05) is 48.5 Å². The summed E-state index contributed by atoms with van der Waals surface area (Å²) >= 11 is 0. The first-order valence-corrected chi connectivity index (χ1v) is 10.7. The average Bonchev–Trinajstić information content (AvgIpc) is 2.78. The van der Waals surface area contributed by atoms with E-state index in [0.717, 1.165) is 11.3 Å². The zero-order valence-corrected chi connectivity index (χ0v) is 18.4. The minimum atomic E-state index is -0.858. The van der Waals surface area contributed by atoms with Crippen LogP contribution < -0.4 is 4.90 Å². The number of piperidine rings is 1. The number of para-hydroxylation sites is 1. The number of carbonyl (C=O) groups is 3. The third-order valence-electron chi connectivity index (χ3n) is 5.93. The van der Waals surface area contributed by atoms with Crippen molar-refractivity contribution < 1.29 is 19.1 Å². The molecule has 1 aliphatic rings. The fraction of sp³-hybridized carbons (Fsp3) is 0.400. The molecule has 0 unspecified atom stereocenters. The van der Waals surface area contributed by atoms with Gasteiger partial charge in [0.15, 0.2) is 6.61 Å². The van der Waals surface area contributed by atoms with Crippen molar-refractivity contribution in [2.24, 2.45) is 0 Å². The van der Waals surface area contributed by atoms with Crippen LogP contribution in [-0.2, 0) is 24.5 Å². The number of likely N-dealkylation sites (tertiary alicyclic amines) is 1. The third-order valence-corrected chi connectivity index (χ3v) is 5.93. The Kier molecular flexibility index (Phi) is 7.10. The van der Waals surface area contributed by atoms with Crippen molar-refractivity contribution >= 4 is 23.5 Å². The van der Waals surface area contributed by atoms with Crippen LogP contribution >= 0.6 is 0 Å². The van der Waals surface area contributed by atoms with E-state index in [9.17, 15) is 14.4 Å². The Balaban J connectivity index is 1.77. The molecule has 2 aromatic carbocycles. The minimum Gasteiger partial charge on any atom is -0.455 e. The molecular weight excluding hydrogens is 392 g/mol. The molecule has 0 bridgehead atoms. The standard InChI is InChI=1S/C25H30N2O4/c1-19(2)27(22-12-8-5-9-13-22)23(29)18-31-24(30)25(21-10-6-4-7-11-21)14-16-26(17-15-25)20(3)28/h4-13,19H,14-18H2,1-3H3. The topological polar surface area (TPSA) is 66.9 Å². The first-order chi connectivity index (χ1) is 14.8. The van der Waals surface area contributed by atoms with Crippen LogP contribution in [0.2, 0.25) is 0 Å². The van der Waals surface area contributed by atoms with Gasteiger partial charge in [0.05, 0.1) is 5.41 Å². The normalized spacial score (nSPS) is 15.4. The van der Waals surface area contributed by atoms with E-state index in [1.165, 1.54) is 6.92 Å². The molecule has 0 aliphatic carbocycles. The van der Waals surface area contributed by atoms with Crippen molar-refractivity contribution in [3.8, 4) is 0 Å². The molecule has 6 nitrogen and oxygen atoms in total. The van der Waals surface area contributed by atoms with E-state index in [4.69, 9.17) is 4.74 Å². The Bertz CT molecular complexity index is 904. The lowest BCUT2D eigenvalue weighted by atomic mass is 9.72. The van der Waals surface area contributed by atoms with Crippen LogP contribution in [0.15, 0.2) is 60.7 Å². The molecule has 1 aliphatic heterocycles.